The number of benzene rings is 8. The third kappa shape index (κ3) is 6.26. The van der Waals surface area contributed by atoms with Crippen LogP contribution in [0.2, 0.25) is 0 Å². The lowest BCUT2D eigenvalue weighted by Crippen LogP contribution is -2.73. The van der Waals surface area contributed by atoms with E-state index < -0.39 is 8.07 Å². The van der Waals surface area contributed by atoms with Crippen molar-refractivity contribution >= 4 is 45.9 Å². The average Bonchev–Trinajstić information content (AvgIpc) is 3.69. The Labute approximate surface area is 364 Å². The number of nitrogens with zero attached hydrogens (tertiary/aromatic N) is 1. The minimum atomic E-state index is -2.89. The number of anilines is 3. The zero-order valence-corrected chi connectivity index (χ0v) is 37.8. The Morgan fingerprint density at radius 1 is 0.377 bits per heavy atom. The van der Waals surface area contributed by atoms with Crippen LogP contribution in [0, 0.1) is 0 Å². The van der Waals surface area contributed by atoms with Crippen LogP contribution in [0.1, 0.15) is 77.6 Å². The van der Waals surface area contributed by atoms with Gasteiger partial charge >= 0.3 is 0 Å². The van der Waals surface area contributed by atoms with E-state index in [4.69, 9.17) is 0 Å². The number of fused-ring (bicyclic) bond motifs is 6. The lowest BCUT2D eigenvalue weighted by atomic mass is 9.82. The summed E-state index contributed by atoms with van der Waals surface area (Å²) in [6, 6.07) is 71.9. The molecule has 0 fully saturated rings. The van der Waals surface area contributed by atoms with Gasteiger partial charge in [-0.05, 0) is 124 Å². The van der Waals surface area contributed by atoms with Gasteiger partial charge in [0.05, 0.1) is 0 Å². The largest absolute Gasteiger partial charge is 0.310 e. The van der Waals surface area contributed by atoms with Crippen LogP contribution in [-0.2, 0) is 16.2 Å². The fourth-order valence-corrected chi connectivity index (χ4v) is 15.6. The van der Waals surface area contributed by atoms with E-state index in [9.17, 15) is 0 Å². The molecule has 0 saturated heterocycles. The van der Waals surface area contributed by atoms with E-state index >= 15 is 0 Å². The van der Waals surface area contributed by atoms with E-state index in [2.05, 4.69) is 248 Å². The summed E-state index contributed by atoms with van der Waals surface area (Å²) in [6.45, 7) is 18.9. The summed E-state index contributed by atoms with van der Waals surface area (Å²) in [5.74, 6) is 0. The van der Waals surface area contributed by atoms with Gasteiger partial charge in [0, 0.05) is 22.5 Å². The van der Waals surface area contributed by atoms with Crippen molar-refractivity contribution in [1.29, 1.82) is 0 Å². The molecule has 10 rings (SSSR count). The minimum absolute atomic E-state index is 0.00533. The molecule has 2 heteroatoms. The first-order chi connectivity index (χ1) is 29.3. The van der Waals surface area contributed by atoms with Crippen LogP contribution in [0.25, 0.3) is 33.4 Å². The molecule has 0 amide bonds. The van der Waals surface area contributed by atoms with Gasteiger partial charge in [0.15, 0.2) is 8.07 Å². The van der Waals surface area contributed by atoms with Gasteiger partial charge in [-0.1, -0.05) is 207 Å². The maximum Gasteiger partial charge on any atom is 0.180 e. The van der Waals surface area contributed by atoms with Crippen molar-refractivity contribution in [1.82, 2.24) is 0 Å². The van der Waals surface area contributed by atoms with E-state index in [-0.39, 0.29) is 16.2 Å². The Bertz CT molecular complexity index is 2910. The zero-order chi connectivity index (χ0) is 42.3. The van der Waals surface area contributed by atoms with Crippen LogP contribution in [-0.4, -0.2) is 8.07 Å². The second-order valence-electron chi connectivity index (χ2n) is 19.8. The van der Waals surface area contributed by atoms with E-state index in [1.165, 1.54) is 87.8 Å². The Kier molecular flexibility index (Phi) is 9.05. The SMILES string of the molecule is CC(C)(C)c1cccc([Si]2(c3cc(N(c4ccc(-c5ccccc5)cc4)c4ccc5c(c4)C(C)(C)c4ccccc4-5)cc(C(C)(C)C)c3)c3ccccc3-c3ccccc32)c1. The van der Waals surface area contributed by atoms with Crippen LogP contribution in [0.3, 0.4) is 0 Å². The maximum absolute atomic E-state index is 2.89. The van der Waals surface area contributed by atoms with Gasteiger partial charge in [-0.3, -0.25) is 0 Å². The van der Waals surface area contributed by atoms with E-state index in [1.54, 1.807) is 0 Å². The quantitative estimate of drug-likeness (QED) is 0.151. The van der Waals surface area contributed by atoms with Crippen LogP contribution >= 0.6 is 0 Å². The first-order valence-corrected chi connectivity index (χ1v) is 23.9. The molecule has 8 aromatic carbocycles. The molecule has 1 nitrogen and oxygen atoms in total. The molecular formula is C59H55NSi. The Morgan fingerprint density at radius 3 is 1.57 bits per heavy atom. The highest BCUT2D eigenvalue weighted by molar-refractivity contribution is 7.22. The minimum Gasteiger partial charge on any atom is -0.310 e. The van der Waals surface area contributed by atoms with Gasteiger partial charge < -0.3 is 4.90 Å². The molecular weight excluding hydrogens is 751 g/mol. The zero-order valence-electron chi connectivity index (χ0n) is 36.8. The van der Waals surface area contributed by atoms with Crippen LogP contribution in [0.4, 0.5) is 17.1 Å². The summed E-state index contributed by atoms with van der Waals surface area (Å²) < 4.78 is 0. The number of hydrogen-bond donors (Lipinski definition) is 0. The molecule has 0 spiro atoms. The van der Waals surface area contributed by atoms with Crippen molar-refractivity contribution in [2.75, 3.05) is 4.90 Å². The highest BCUT2D eigenvalue weighted by Gasteiger charge is 2.49. The normalized spacial score (nSPS) is 14.5. The predicted molar refractivity (Wildman–Crippen MR) is 264 cm³/mol. The maximum atomic E-state index is 2.58. The fraction of sp³-hybridized carbons (Fsp3) is 0.186. The summed E-state index contributed by atoms with van der Waals surface area (Å²) in [5, 5.41) is 5.79. The van der Waals surface area contributed by atoms with E-state index in [1.807, 2.05) is 0 Å². The number of hydrogen-bond acceptors (Lipinski definition) is 1. The first-order valence-electron chi connectivity index (χ1n) is 21.9. The second kappa shape index (κ2) is 14.2. The standard InChI is InChI=1S/C59H55NSi/c1-57(2,3)42-21-18-22-47(36-42)61(55-27-16-13-24-51(55)52-25-14-17-28-56(52)61)48-37-43(58(4,5)6)35-46(38-48)60(44-31-29-41(30-32-44)40-19-10-9-11-20-40)45-33-34-50-49-23-12-15-26-53(49)59(7,8)54(50)39-45/h9-39H,1-8H3. The van der Waals surface area contributed by atoms with Crippen molar-refractivity contribution < 1.29 is 0 Å². The van der Waals surface area contributed by atoms with E-state index in [0.29, 0.717) is 0 Å². The average molecular weight is 806 g/mol. The summed E-state index contributed by atoms with van der Waals surface area (Å²) in [6.07, 6.45) is 0. The van der Waals surface area contributed by atoms with Crippen molar-refractivity contribution in [3.63, 3.8) is 0 Å². The molecule has 0 bridgehead atoms. The molecule has 0 unspecified atom stereocenters. The molecule has 8 aromatic rings. The van der Waals surface area contributed by atoms with Crippen molar-refractivity contribution in [2.24, 2.45) is 0 Å². The van der Waals surface area contributed by atoms with Crippen LogP contribution in [0.5, 0.6) is 0 Å². The Balaban J connectivity index is 1.27. The number of rotatable bonds is 6. The molecule has 1 aliphatic carbocycles. The lowest BCUT2D eigenvalue weighted by molar-refractivity contribution is 0.590. The van der Waals surface area contributed by atoms with Crippen LogP contribution in [0.15, 0.2) is 188 Å². The lowest BCUT2D eigenvalue weighted by Gasteiger charge is -2.36. The smallest absolute Gasteiger partial charge is 0.180 e. The molecule has 2 aliphatic rings. The van der Waals surface area contributed by atoms with Gasteiger partial charge in [-0.2, -0.15) is 0 Å². The third-order valence-corrected chi connectivity index (χ3v) is 18.5. The highest BCUT2D eigenvalue weighted by Crippen LogP contribution is 2.51. The predicted octanol–water partition coefficient (Wildman–Crippen LogP) is 13.1. The van der Waals surface area contributed by atoms with Gasteiger partial charge in [0.2, 0.25) is 0 Å². The van der Waals surface area contributed by atoms with Gasteiger partial charge in [0.1, 0.15) is 0 Å². The topological polar surface area (TPSA) is 3.24 Å². The summed E-state index contributed by atoms with van der Waals surface area (Å²) in [7, 11) is -2.89. The van der Waals surface area contributed by atoms with Crippen molar-refractivity contribution in [3.8, 4) is 33.4 Å². The van der Waals surface area contributed by atoms with Crippen molar-refractivity contribution in [2.45, 2.75) is 71.6 Å². The van der Waals surface area contributed by atoms with Gasteiger partial charge in [-0.25, -0.2) is 0 Å². The van der Waals surface area contributed by atoms with Gasteiger partial charge in [0.25, 0.3) is 0 Å². The van der Waals surface area contributed by atoms with Gasteiger partial charge in [-0.15, -0.1) is 0 Å². The molecule has 1 aliphatic heterocycles. The molecule has 0 saturated carbocycles. The Hall–Kier alpha value is -6.22. The summed E-state index contributed by atoms with van der Waals surface area (Å²) >= 11 is 0. The molecule has 0 atom stereocenters. The molecule has 61 heavy (non-hydrogen) atoms. The second-order valence-corrected chi connectivity index (χ2v) is 23.6. The monoisotopic (exact) mass is 805 g/mol. The summed E-state index contributed by atoms with van der Waals surface area (Å²) in [5.41, 5.74) is 16.5. The Morgan fingerprint density at radius 2 is 0.918 bits per heavy atom. The highest BCUT2D eigenvalue weighted by atomic mass is 28.3. The van der Waals surface area contributed by atoms with Crippen molar-refractivity contribution in [3.05, 3.63) is 210 Å². The molecule has 0 radical (unpaired) electrons. The fourth-order valence-electron chi connectivity index (χ4n) is 10.3. The molecule has 1 heterocycles. The third-order valence-electron chi connectivity index (χ3n) is 13.6. The molecule has 0 aromatic heterocycles. The van der Waals surface area contributed by atoms with E-state index in [0.717, 1.165) is 5.69 Å². The van der Waals surface area contributed by atoms with Crippen LogP contribution < -0.4 is 25.6 Å². The molecule has 0 N–H and O–H groups in total. The summed E-state index contributed by atoms with van der Waals surface area (Å²) in [4.78, 5) is 2.54. The first kappa shape index (κ1) is 38.9. The molecule has 300 valence electrons.